The molecule has 1 fully saturated rings. The molecule has 1 aliphatic heterocycles. The SMILES string of the molecule is CC(NCCCC#N)C(=O)N1CCCCC1. The summed E-state index contributed by atoms with van der Waals surface area (Å²) < 4.78 is 0. The molecule has 1 N–H and O–H groups in total. The van der Waals surface area contributed by atoms with E-state index in [-0.39, 0.29) is 11.9 Å². The summed E-state index contributed by atoms with van der Waals surface area (Å²) >= 11 is 0. The molecule has 90 valence electrons. The number of carbonyl (C=O) groups excluding carboxylic acids is 1. The van der Waals surface area contributed by atoms with E-state index in [1.807, 2.05) is 11.8 Å². The standard InChI is InChI=1S/C12H21N3O/c1-11(14-8-4-3-7-13)12(16)15-9-5-2-6-10-15/h11,14H,2-6,8-10H2,1H3. The van der Waals surface area contributed by atoms with Gasteiger partial charge in [-0.25, -0.2) is 0 Å². The van der Waals surface area contributed by atoms with Crippen molar-refractivity contribution in [2.24, 2.45) is 0 Å². The smallest absolute Gasteiger partial charge is 0.239 e. The summed E-state index contributed by atoms with van der Waals surface area (Å²) in [5, 5.41) is 11.6. The lowest BCUT2D eigenvalue weighted by atomic mass is 10.1. The highest BCUT2D eigenvalue weighted by atomic mass is 16.2. The number of unbranched alkanes of at least 4 members (excludes halogenated alkanes) is 1. The second-order valence-corrected chi connectivity index (χ2v) is 4.32. The quantitative estimate of drug-likeness (QED) is 0.714. The van der Waals surface area contributed by atoms with Crippen LogP contribution in [0, 0.1) is 11.3 Å². The number of piperidine rings is 1. The second kappa shape index (κ2) is 7.24. The molecule has 1 rings (SSSR count). The summed E-state index contributed by atoms with van der Waals surface area (Å²) in [6, 6.07) is 1.98. The van der Waals surface area contributed by atoms with Crippen LogP contribution in [0.1, 0.15) is 39.0 Å². The van der Waals surface area contributed by atoms with Crippen LogP contribution in [-0.2, 0) is 4.79 Å². The van der Waals surface area contributed by atoms with Crippen LogP contribution in [0.3, 0.4) is 0 Å². The average molecular weight is 223 g/mol. The molecular formula is C12H21N3O. The molecule has 0 aromatic carbocycles. The molecule has 0 aromatic rings. The fourth-order valence-corrected chi connectivity index (χ4v) is 1.96. The molecule has 1 heterocycles. The Labute approximate surface area is 97.6 Å². The number of rotatable bonds is 5. The van der Waals surface area contributed by atoms with Gasteiger partial charge >= 0.3 is 0 Å². The molecule has 16 heavy (non-hydrogen) atoms. The molecule has 0 bridgehead atoms. The Bertz CT molecular complexity index is 253. The van der Waals surface area contributed by atoms with Gasteiger partial charge in [0.05, 0.1) is 12.1 Å². The van der Waals surface area contributed by atoms with Gasteiger partial charge in [0, 0.05) is 19.5 Å². The molecule has 0 aliphatic carbocycles. The van der Waals surface area contributed by atoms with E-state index >= 15 is 0 Å². The lowest BCUT2D eigenvalue weighted by Gasteiger charge is -2.29. The maximum Gasteiger partial charge on any atom is 0.239 e. The Morgan fingerprint density at radius 2 is 2.12 bits per heavy atom. The van der Waals surface area contributed by atoms with E-state index in [4.69, 9.17) is 5.26 Å². The lowest BCUT2D eigenvalue weighted by Crippen LogP contribution is -2.47. The fourth-order valence-electron chi connectivity index (χ4n) is 1.96. The highest BCUT2D eigenvalue weighted by Crippen LogP contribution is 2.09. The number of likely N-dealkylation sites (tertiary alicyclic amines) is 1. The predicted octanol–water partition coefficient (Wildman–Crippen LogP) is 1.28. The number of nitrogens with zero attached hydrogens (tertiary/aromatic N) is 2. The van der Waals surface area contributed by atoms with Gasteiger partial charge in [-0.3, -0.25) is 4.79 Å². The maximum atomic E-state index is 12.0. The van der Waals surface area contributed by atoms with Crippen LogP contribution >= 0.6 is 0 Å². The third kappa shape index (κ3) is 4.19. The molecule has 1 unspecified atom stereocenters. The number of amides is 1. The van der Waals surface area contributed by atoms with Crippen LogP contribution < -0.4 is 5.32 Å². The number of nitrogens with one attached hydrogen (secondary N) is 1. The average Bonchev–Trinajstić information content (AvgIpc) is 2.34. The van der Waals surface area contributed by atoms with E-state index in [0.29, 0.717) is 6.42 Å². The molecule has 0 spiro atoms. The molecular weight excluding hydrogens is 202 g/mol. The van der Waals surface area contributed by atoms with Gasteiger partial charge in [-0.1, -0.05) is 0 Å². The largest absolute Gasteiger partial charge is 0.341 e. The molecule has 0 aromatic heterocycles. The third-order valence-electron chi connectivity index (χ3n) is 2.95. The van der Waals surface area contributed by atoms with Gasteiger partial charge in [0.2, 0.25) is 5.91 Å². The number of carbonyl (C=O) groups is 1. The number of nitriles is 1. The van der Waals surface area contributed by atoms with Gasteiger partial charge in [0.1, 0.15) is 0 Å². The van der Waals surface area contributed by atoms with Crippen molar-refractivity contribution in [2.75, 3.05) is 19.6 Å². The summed E-state index contributed by atoms with van der Waals surface area (Å²) in [4.78, 5) is 13.9. The van der Waals surface area contributed by atoms with Crippen molar-refractivity contribution in [2.45, 2.75) is 45.1 Å². The topological polar surface area (TPSA) is 56.1 Å². The van der Waals surface area contributed by atoms with Crippen molar-refractivity contribution in [1.29, 1.82) is 5.26 Å². The van der Waals surface area contributed by atoms with E-state index in [0.717, 1.165) is 38.9 Å². The molecule has 4 heteroatoms. The van der Waals surface area contributed by atoms with Crippen LogP contribution in [0.2, 0.25) is 0 Å². The zero-order valence-electron chi connectivity index (χ0n) is 10.0. The summed E-state index contributed by atoms with van der Waals surface area (Å²) in [6.45, 7) is 4.46. The first-order chi connectivity index (χ1) is 7.75. The summed E-state index contributed by atoms with van der Waals surface area (Å²) in [7, 11) is 0. The highest BCUT2D eigenvalue weighted by molar-refractivity contribution is 5.81. The van der Waals surface area contributed by atoms with Crippen molar-refractivity contribution in [3.63, 3.8) is 0 Å². The lowest BCUT2D eigenvalue weighted by molar-refractivity contribution is -0.133. The first-order valence-electron chi connectivity index (χ1n) is 6.15. The predicted molar refractivity (Wildman–Crippen MR) is 62.7 cm³/mol. The van der Waals surface area contributed by atoms with Crippen LogP contribution in [-0.4, -0.2) is 36.5 Å². The minimum absolute atomic E-state index is 0.114. The van der Waals surface area contributed by atoms with Crippen LogP contribution in [0.4, 0.5) is 0 Å². The van der Waals surface area contributed by atoms with Crippen LogP contribution in [0.5, 0.6) is 0 Å². The van der Waals surface area contributed by atoms with Gasteiger partial charge in [-0.2, -0.15) is 5.26 Å². The molecule has 1 aliphatic rings. The van der Waals surface area contributed by atoms with E-state index in [9.17, 15) is 4.79 Å². The maximum absolute atomic E-state index is 12.0. The first kappa shape index (κ1) is 13.0. The Kier molecular flexibility index (Phi) is 5.87. The molecule has 0 saturated carbocycles. The third-order valence-corrected chi connectivity index (χ3v) is 2.95. The van der Waals surface area contributed by atoms with Crippen molar-refractivity contribution in [1.82, 2.24) is 10.2 Å². The number of hydrogen-bond donors (Lipinski definition) is 1. The zero-order chi connectivity index (χ0) is 11.8. The van der Waals surface area contributed by atoms with Crippen molar-refractivity contribution in [3.8, 4) is 6.07 Å². The fraction of sp³-hybridized carbons (Fsp3) is 0.833. The van der Waals surface area contributed by atoms with Gasteiger partial charge in [-0.05, 0) is 39.2 Å². The minimum atomic E-state index is -0.114. The molecule has 1 atom stereocenters. The van der Waals surface area contributed by atoms with Crippen molar-refractivity contribution in [3.05, 3.63) is 0 Å². The van der Waals surface area contributed by atoms with Gasteiger partial charge in [0.25, 0.3) is 0 Å². The van der Waals surface area contributed by atoms with Gasteiger partial charge in [-0.15, -0.1) is 0 Å². The summed E-state index contributed by atoms with van der Waals surface area (Å²) in [5.41, 5.74) is 0. The summed E-state index contributed by atoms with van der Waals surface area (Å²) in [5.74, 6) is 0.205. The van der Waals surface area contributed by atoms with E-state index in [1.165, 1.54) is 6.42 Å². The molecule has 1 saturated heterocycles. The van der Waals surface area contributed by atoms with E-state index in [2.05, 4.69) is 11.4 Å². The second-order valence-electron chi connectivity index (χ2n) is 4.32. The number of hydrogen-bond acceptors (Lipinski definition) is 3. The van der Waals surface area contributed by atoms with Crippen LogP contribution in [0.15, 0.2) is 0 Å². The Morgan fingerprint density at radius 3 is 2.75 bits per heavy atom. The van der Waals surface area contributed by atoms with Crippen molar-refractivity contribution < 1.29 is 4.79 Å². The molecule has 4 nitrogen and oxygen atoms in total. The Hall–Kier alpha value is -1.08. The Morgan fingerprint density at radius 1 is 1.44 bits per heavy atom. The highest BCUT2D eigenvalue weighted by Gasteiger charge is 2.21. The summed E-state index contributed by atoms with van der Waals surface area (Å²) in [6.07, 6.45) is 4.87. The Balaban J connectivity index is 2.21. The first-order valence-corrected chi connectivity index (χ1v) is 6.15. The van der Waals surface area contributed by atoms with Gasteiger partial charge < -0.3 is 10.2 Å². The molecule has 1 amide bonds. The minimum Gasteiger partial charge on any atom is -0.341 e. The monoisotopic (exact) mass is 223 g/mol. The zero-order valence-corrected chi connectivity index (χ0v) is 10.0. The molecule has 0 radical (unpaired) electrons. The van der Waals surface area contributed by atoms with Crippen LogP contribution in [0.25, 0.3) is 0 Å². The van der Waals surface area contributed by atoms with E-state index < -0.39 is 0 Å². The normalized spacial score (nSPS) is 17.9. The van der Waals surface area contributed by atoms with Crippen molar-refractivity contribution >= 4 is 5.91 Å². The van der Waals surface area contributed by atoms with E-state index in [1.54, 1.807) is 0 Å². The van der Waals surface area contributed by atoms with Gasteiger partial charge in [0.15, 0.2) is 0 Å².